The maximum Gasteiger partial charge on any atom is 0.511 e. The Morgan fingerprint density at radius 3 is 1.40 bits per heavy atom. The Bertz CT molecular complexity index is 789. The maximum absolute atomic E-state index is 11.8. The molecule has 2 N–H and O–H groups in total. The van der Waals surface area contributed by atoms with Crippen LogP contribution in [0.5, 0.6) is 17.2 Å². The zero-order valence-electron chi connectivity index (χ0n) is 26.6. The van der Waals surface area contributed by atoms with E-state index in [0.29, 0.717) is 12.4 Å². The van der Waals surface area contributed by atoms with Gasteiger partial charge in [0.25, 0.3) is 0 Å². The second-order valence-electron chi connectivity index (χ2n) is 11.6. The number of benzene rings is 1. The minimum Gasteiger partial charge on any atom is -0.504 e. The van der Waals surface area contributed by atoms with Crippen LogP contribution < -0.4 is 9.47 Å². The minimum absolute atomic E-state index is 0.0142. The Morgan fingerprint density at radius 1 is 0.525 bits per heavy atom. The van der Waals surface area contributed by atoms with Gasteiger partial charge in [-0.1, -0.05) is 130 Å². The van der Waals surface area contributed by atoms with Crippen LogP contribution in [0.4, 0.5) is 4.79 Å². The molecule has 0 fully saturated rings. The van der Waals surface area contributed by atoms with Crippen molar-refractivity contribution in [2.75, 3.05) is 6.61 Å². The molecule has 0 aliphatic carbocycles. The molecule has 0 aliphatic rings. The Kier molecular flexibility index (Phi) is 21.5. The van der Waals surface area contributed by atoms with Gasteiger partial charge in [-0.05, 0) is 50.5 Å². The van der Waals surface area contributed by atoms with Crippen LogP contribution in [0.3, 0.4) is 0 Å². The van der Waals surface area contributed by atoms with Crippen molar-refractivity contribution in [1.29, 1.82) is 0 Å². The van der Waals surface area contributed by atoms with E-state index in [0.717, 1.165) is 101 Å². The van der Waals surface area contributed by atoms with Gasteiger partial charge in [-0.3, -0.25) is 0 Å². The van der Waals surface area contributed by atoms with Gasteiger partial charge in [0.05, 0.1) is 6.61 Å². The third-order valence-corrected chi connectivity index (χ3v) is 7.98. The molecule has 0 aromatic heterocycles. The first kappa shape index (κ1) is 36.1. The van der Waals surface area contributed by atoms with Crippen LogP contribution in [0.1, 0.15) is 173 Å². The fourth-order valence-corrected chi connectivity index (χ4v) is 5.61. The number of rotatable bonds is 26. The molecule has 0 atom stereocenters. The molecule has 0 heterocycles. The lowest BCUT2D eigenvalue weighted by atomic mass is 9.88. The van der Waals surface area contributed by atoms with E-state index in [4.69, 9.17) is 9.47 Å². The highest BCUT2D eigenvalue weighted by atomic mass is 16.7. The molecule has 40 heavy (non-hydrogen) atoms. The average Bonchev–Trinajstić information content (AvgIpc) is 2.94. The average molecular weight is 563 g/mol. The molecule has 1 rings (SSSR count). The molecule has 1 aromatic rings. The number of unbranched alkanes of at least 4 members (excludes halogenated alkanes) is 16. The van der Waals surface area contributed by atoms with E-state index in [1.165, 1.54) is 63.4 Å². The van der Waals surface area contributed by atoms with E-state index in [9.17, 15) is 15.0 Å². The van der Waals surface area contributed by atoms with Gasteiger partial charge in [0.1, 0.15) is 0 Å². The SMILES string of the molecule is CCCCCCCCCCOc1c(CCCCCC)c(CCCCCC)c(CCCCCC)c(O)c1OC(=O)O. The van der Waals surface area contributed by atoms with Crippen LogP contribution in [0.25, 0.3) is 0 Å². The molecule has 0 spiro atoms. The second kappa shape index (κ2) is 23.8. The lowest BCUT2D eigenvalue weighted by Crippen LogP contribution is -2.12. The summed E-state index contributed by atoms with van der Waals surface area (Å²) >= 11 is 0. The third kappa shape index (κ3) is 14.6. The van der Waals surface area contributed by atoms with E-state index in [-0.39, 0.29) is 11.5 Å². The molecule has 0 amide bonds. The minimum atomic E-state index is -1.41. The monoisotopic (exact) mass is 562 g/mol. The van der Waals surface area contributed by atoms with Crippen molar-refractivity contribution >= 4 is 6.16 Å². The molecule has 0 aliphatic heterocycles. The fraction of sp³-hybridized carbons (Fsp3) is 0.800. The molecular formula is C35H62O5. The Hall–Kier alpha value is -1.91. The Labute approximate surface area is 246 Å². The highest BCUT2D eigenvalue weighted by Crippen LogP contribution is 2.47. The summed E-state index contributed by atoms with van der Waals surface area (Å²) in [5.74, 6) is 0.468. The number of aromatic hydroxyl groups is 1. The standard InChI is InChI=1S/C35H62O5/c1-5-9-13-17-18-19-20-24-28-39-33-31(27-23-16-12-8-4)29(25-21-14-10-6-2)30(26-22-15-11-7-3)32(36)34(33)40-35(37)38/h36H,5-28H2,1-4H3,(H,37,38). The first-order valence-corrected chi connectivity index (χ1v) is 16.9. The van der Waals surface area contributed by atoms with Crippen molar-refractivity contribution in [3.63, 3.8) is 0 Å². The van der Waals surface area contributed by atoms with Crippen molar-refractivity contribution < 1.29 is 24.5 Å². The summed E-state index contributed by atoms with van der Waals surface area (Å²) in [6.07, 6.45) is 24.2. The first-order valence-electron chi connectivity index (χ1n) is 16.9. The lowest BCUT2D eigenvalue weighted by molar-refractivity contribution is 0.140. The molecule has 0 radical (unpaired) electrons. The third-order valence-electron chi connectivity index (χ3n) is 7.98. The number of hydrogen-bond donors (Lipinski definition) is 2. The van der Waals surface area contributed by atoms with E-state index < -0.39 is 6.16 Å². The van der Waals surface area contributed by atoms with Gasteiger partial charge in [0, 0.05) is 11.1 Å². The molecule has 0 unspecified atom stereocenters. The number of carbonyl (C=O) groups is 1. The van der Waals surface area contributed by atoms with Gasteiger partial charge in [-0.2, -0.15) is 0 Å². The summed E-state index contributed by atoms with van der Waals surface area (Å²) < 4.78 is 11.7. The van der Waals surface area contributed by atoms with E-state index in [2.05, 4.69) is 27.7 Å². The zero-order chi connectivity index (χ0) is 29.4. The van der Waals surface area contributed by atoms with E-state index >= 15 is 0 Å². The quantitative estimate of drug-likeness (QED) is 0.0667. The first-order chi connectivity index (χ1) is 19.5. The van der Waals surface area contributed by atoms with Gasteiger partial charge in [0.2, 0.25) is 5.75 Å². The van der Waals surface area contributed by atoms with Crippen LogP contribution in [0.2, 0.25) is 0 Å². The van der Waals surface area contributed by atoms with Gasteiger partial charge in [0.15, 0.2) is 11.5 Å². The van der Waals surface area contributed by atoms with Crippen molar-refractivity contribution in [2.45, 2.75) is 175 Å². The number of phenolic OH excluding ortho intramolecular Hbond substituents is 1. The van der Waals surface area contributed by atoms with Gasteiger partial charge < -0.3 is 19.7 Å². The molecule has 0 saturated heterocycles. The van der Waals surface area contributed by atoms with Gasteiger partial charge in [-0.15, -0.1) is 0 Å². The molecule has 1 aromatic carbocycles. The van der Waals surface area contributed by atoms with Crippen LogP contribution >= 0.6 is 0 Å². The molecular weight excluding hydrogens is 500 g/mol. The summed E-state index contributed by atoms with van der Waals surface area (Å²) in [5, 5.41) is 21.1. The van der Waals surface area contributed by atoms with Crippen molar-refractivity contribution in [3.8, 4) is 17.2 Å². The highest BCUT2D eigenvalue weighted by molar-refractivity contribution is 5.70. The molecule has 0 saturated carbocycles. The number of carboxylic acid groups (broad SMARTS) is 1. The number of ether oxygens (including phenoxy) is 2. The summed E-state index contributed by atoms with van der Waals surface area (Å²) in [7, 11) is 0. The molecule has 5 nitrogen and oxygen atoms in total. The van der Waals surface area contributed by atoms with E-state index in [1.54, 1.807) is 0 Å². The topological polar surface area (TPSA) is 76.0 Å². The summed E-state index contributed by atoms with van der Waals surface area (Å²) in [5.41, 5.74) is 3.14. The van der Waals surface area contributed by atoms with Crippen molar-refractivity contribution in [2.24, 2.45) is 0 Å². The van der Waals surface area contributed by atoms with Gasteiger partial charge in [-0.25, -0.2) is 4.79 Å². The number of hydrogen-bond acceptors (Lipinski definition) is 4. The zero-order valence-corrected chi connectivity index (χ0v) is 26.6. The van der Waals surface area contributed by atoms with Crippen molar-refractivity contribution in [3.05, 3.63) is 16.7 Å². The van der Waals surface area contributed by atoms with Crippen LogP contribution in [-0.2, 0) is 19.3 Å². The Morgan fingerprint density at radius 2 is 0.925 bits per heavy atom. The second-order valence-corrected chi connectivity index (χ2v) is 11.6. The Balaban J connectivity index is 3.29. The predicted molar refractivity (Wildman–Crippen MR) is 168 cm³/mol. The molecule has 0 bridgehead atoms. The fourth-order valence-electron chi connectivity index (χ4n) is 5.61. The summed E-state index contributed by atoms with van der Waals surface area (Å²) in [4.78, 5) is 11.8. The van der Waals surface area contributed by atoms with E-state index in [1.807, 2.05) is 0 Å². The predicted octanol–water partition coefficient (Wildman–Crippen LogP) is 11.3. The molecule has 5 heteroatoms. The van der Waals surface area contributed by atoms with Crippen LogP contribution in [0, 0.1) is 0 Å². The van der Waals surface area contributed by atoms with Crippen molar-refractivity contribution in [1.82, 2.24) is 0 Å². The van der Waals surface area contributed by atoms with Crippen LogP contribution in [-0.4, -0.2) is 23.0 Å². The van der Waals surface area contributed by atoms with Crippen LogP contribution in [0.15, 0.2) is 0 Å². The smallest absolute Gasteiger partial charge is 0.504 e. The van der Waals surface area contributed by atoms with Gasteiger partial charge >= 0.3 is 6.16 Å². The highest BCUT2D eigenvalue weighted by Gasteiger charge is 2.27. The largest absolute Gasteiger partial charge is 0.511 e. The normalized spacial score (nSPS) is 11.2. The maximum atomic E-state index is 11.8. The molecule has 232 valence electrons. The summed E-state index contributed by atoms with van der Waals surface area (Å²) in [6, 6.07) is 0. The lowest BCUT2D eigenvalue weighted by Gasteiger charge is -2.24. The summed E-state index contributed by atoms with van der Waals surface area (Å²) in [6.45, 7) is 9.38. The number of phenols is 1.